The van der Waals surface area contributed by atoms with Gasteiger partial charge in [-0.05, 0) is 25.5 Å². The molecule has 0 saturated carbocycles. The molecular formula is C22H25ClN2O6. The quantitative estimate of drug-likeness (QED) is 0.567. The molecule has 1 atom stereocenters. The van der Waals surface area contributed by atoms with Gasteiger partial charge >= 0.3 is 5.97 Å². The monoisotopic (exact) mass is 448 g/mol. The predicted molar refractivity (Wildman–Crippen MR) is 117 cm³/mol. The number of anilines is 1. The molecule has 8 nitrogen and oxygen atoms in total. The molecule has 0 radical (unpaired) electrons. The van der Waals surface area contributed by atoms with Crippen molar-refractivity contribution in [3.05, 3.63) is 52.5 Å². The molecule has 0 aromatic heterocycles. The zero-order chi connectivity index (χ0) is 23.0. The number of halogens is 1. The third kappa shape index (κ3) is 6.36. The van der Waals surface area contributed by atoms with Gasteiger partial charge in [0, 0.05) is 18.2 Å². The molecule has 0 bridgehead atoms. The van der Waals surface area contributed by atoms with Crippen molar-refractivity contribution in [1.29, 1.82) is 0 Å². The van der Waals surface area contributed by atoms with E-state index in [0.717, 1.165) is 6.42 Å². The SMILES string of the molecule is CCC(C)NC(=O)COC(=O)c1cc(OC)c(OC)cc1NC(=O)c1ccccc1Cl. The van der Waals surface area contributed by atoms with Gasteiger partial charge in [-0.3, -0.25) is 9.59 Å². The van der Waals surface area contributed by atoms with E-state index in [1.54, 1.807) is 24.3 Å². The van der Waals surface area contributed by atoms with Crippen molar-refractivity contribution in [2.75, 3.05) is 26.1 Å². The lowest BCUT2D eigenvalue weighted by molar-refractivity contribution is -0.124. The lowest BCUT2D eigenvalue weighted by Crippen LogP contribution is -2.35. The Balaban J connectivity index is 2.30. The molecule has 0 aliphatic carbocycles. The maximum Gasteiger partial charge on any atom is 0.340 e. The van der Waals surface area contributed by atoms with Crippen molar-refractivity contribution in [2.45, 2.75) is 26.3 Å². The summed E-state index contributed by atoms with van der Waals surface area (Å²) in [5.74, 6) is -1.21. The molecule has 2 aromatic carbocycles. The smallest absolute Gasteiger partial charge is 0.340 e. The Bertz CT molecular complexity index is 963. The van der Waals surface area contributed by atoms with Crippen LogP contribution in [0.1, 0.15) is 41.0 Å². The molecule has 2 aromatic rings. The number of methoxy groups -OCH3 is 2. The Morgan fingerprint density at radius 3 is 2.29 bits per heavy atom. The number of esters is 1. The van der Waals surface area contributed by atoms with Crippen molar-refractivity contribution >= 4 is 35.1 Å². The van der Waals surface area contributed by atoms with Crippen molar-refractivity contribution in [1.82, 2.24) is 5.32 Å². The van der Waals surface area contributed by atoms with E-state index in [2.05, 4.69) is 10.6 Å². The van der Waals surface area contributed by atoms with Crippen molar-refractivity contribution in [3.8, 4) is 11.5 Å². The van der Waals surface area contributed by atoms with Crippen LogP contribution in [-0.4, -0.2) is 44.7 Å². The minimum absolute atomic E-state index is 0.00519. The van der Waals surface area contributed by atoms with Crippen LogP contribution in [0, 0.1) is 0 Å². The maximum absolute atomic E-state index is 12.7. The number of carbonyl (C=O) groups is 3. The zero-order valence-corrected chi connectivity index (χ0v) is 18.5. The number of ether oxygens (including phenoxy) is 3. The fraction of sp³-hybridized carbons (Fsp3) is 0.318. The third-order valence-electron chi connectivity index (χ3n) is 4.46. The molecule has 166 valence electrons. The van der Waals surface area contributed by atoms with Crippen LogP contribution in [-0.2, 0) is 9.53 Å². The zero-order valence-electron chi connectivity index (χ0n) is 17.8. The first-order chi connectivity index (χ1) is 14.8. The van der Waals surface area contributed by atoms with E-state index in [1.165, 1.54) is 26.4 Å². The summed E-state index contributed by atoms with van der Waals surface area (Å²) in [5, 5.41) is 5.61. The summed E-state index contributed by atoms with van der Waals surface area (Å²) in [6.07, 6.45) is 0.744. The number of amides is 2. The maximum atomic E-state index is 12.7. The first-order valence-electron chi connectivity index (χ1n) is 9.59. The molecule has 0 heterocycles. The Morgan fingerprint density at radius 2 is 1.68 bits per heavy atom. The molecule has 2 amide bonds. The number of benzene rings is 2. The van der Waals surface area contributed by atoms with E-state index >= 15 is 0 Å². The Hall–Kier alpha value is -3.26. The molecule has 2 N–H and O–H groups in total. The highest BCUT2D eigenvalue weighted by Gasteiger charge is 2.22. The van der Waals surface area contributed by atoms with E-state index in [4.69, 9.17) is 25.8 Å². The van der Waals surface area contributed by atoms with E-state index in [1.807, 2.05) is 13.8 Å². The van der Waals surface area contributed by atoms with Gasteiger partial charge in [0.2, 0.25) is 0 Å². The van der Waals surface area contributed by atoms with Crippen LogP contribution in [0.15, 0.2) is 36.4 Å². The van der Waals surface area contributed by atoms with Crippen molar-refractivity contribution in [2.24, 2.45) is 0 Å². The summed E-state index contributed by atoms with van der Waals surface area (Å²) >= 11 is 6.09. The first kappa shape index (κ1) is 24.0. The largest absolute Gasteiger partial charge is 0.493 e. The number of rotatable bonds is 9. The second kappa shape index (κ2) is 11.2. The lowest BCUT2D eigenvalue weighted by atomic mass is 10.1. The number of hydrogen-bond donors (Lipinski definition) is 2. The topological polar surface area (TPSA) is 103 Å². The summed E-state index contributed by atoms with van der Waals surface area (Å²) in [6, 6.07) is 9.26. The highest BCUT2D eigenvalue weighted by Crippen LogP contribution is 2.34. The van der Waals surface area contributed by atoms with Crippen LogP contribution in [0.2, 0.25) is 5.02 Å². The van der Waals surface area contributed by atoms with Gasteiger partial charge in [-0.15, -0.1) is 0 Å². The number of nitrogens with one attached hydrogen (secondary N) is 2. The first-order valence-corrected chi connectivity index (χ1v) is 9.96. The fourth-order valence-electron chi connectivity index (χ4n) is 2.61. The number of carbonyl (C=O) groups excluding carboxylic acids is 3. The molecule has 0 saturated heterocycles. The van der Waals surface area contributed by atoms with Crippen LogP contribution in [0.3, 0.4) is 0 Å². The van der Waals surface area contributed by atoms with Crippen LogP contribution in [0.4, 0.5) is 5.69 Å². The van der Waals surface area contributed by atoms with E-state index in [-0.39, 0.29) is 33.6 Å². The summed E-state index contributed by atoms with van der Waals surface area (Å²) in [5.41, 5.74) is 0.343. The van der Waals surface area contributed by atoms with Crippen LogP contribution in [0.5, 0.6) is 11.5 Å². The standard InChI is InChI=1S/C22H25ClN2O6/c1-5-13(2)24-20(26)12-31-22(28)15-10-18(29-3)19(30-4)11-17(15)25-21(27)14-8-6-7-9-16(14)23/h6-11,13H,5,12H2,1-4H3,(H,24,26)(H,25,27). The van der Waals surface area contributed by atoms with Crippen LogP contribution < -0.4 is 20.1 Å². The van der Waals surface area contributed by atoms with Crippen LogP contribution >= 0.6 is 11.6 Å². The van der Waals surface area contributed by atoms with Crippen molar-refractivity contribution < 1.29 is 28.6 Å². The number of hydrogen-bond acceptors (Lipinski definition) is 6. The van der Waals surface area contributed by atoms with Gasteiger partial charge in [0.15, 0.2) is 18.1 Å². The highest BCUT2D eigenvalue weighted by molar-refractivity contribution is 6.34. The Morgan fingerprint density at radius 1 is 1.03 bits per heavy atom. The van der Waals surface area contributed by atoms with Crippen LogP contribution in [0.25, 0.3) is 0 Å². The molecule has 0 aliphatic heterocycles. The summed E-state index contributed by atoms with van der Waals surface area (Å²) in [6.45, 7) is 3.31. The molecule has 31 heavy (non-hydrogen) atoms. The van der Waals surface area contributed by atoms with Gasteiger partial charge < -0.3 is 24.8 Å². The Labute approximate surface area is 185 Å². The average molecular weight is 449 g/mol. The minimum Gasteiger partial charge on any atom is -0.493 e. The van der Waals surface area contributed by atoms with Gasteiger partial charge in [0.25, 0.3) is 11.8 Å². The Kier molecular flexibility index (Phi) is 8.69. The molecule has 0 spiro atoms. The van der Waals surface area contributed by atoms with E-state index < -0.39 is 24.4 Å². The van der Waals surface area contributed by atoms with E-state index in [9.17, 15) is 14.4 Å². The second-order valence-electron chi connectivity index (χ2n) is 6.64. The highest BCUT2D eigenvalue weighted by atomic mass is 35.5. The summed E-state index contributed by atoms with van der Waals surface area (Å²) in [4.78, 5) is 37.3. The van der Waals surface area contributed by atoms with Crippen molar-refractivity contribution in [3.63, 3.8) is 0 Å². The molecule has 0 aliphatic rings. The molecule has 1 unspecified atom stereocenters. The second-order valence-corrected chi connectivity index (χ2v) is 7.05. The average Bonchev–Trinajstić information content (AvgIpc) is 2.77. The third-order valence-corrected chi connectivity index (χ3v) is 4.79. The summed E-state index contributed by atoms with van der Waals surface area (Å²) in [7, 11) is 2.84. The van der Waals surface area contributed by atoms with Gasteiger partial charge in [-0.1, -0.05) is 30.7 Å². The summed E-state index contributed by atoms with van der Waals surface area (Å²) < 4.78 is 15.6. The molecule has 2 rings (SSSR count). The normalized spacial score (nSPS) is 11.3. The lowest BCUT2D eigenvalue weighted by Gasteiger charge is -2.16. The van der Waals surface area contributed by atoms with Gasteiger partial charge in [-0.25, -0.2) is 4.79 Å². The van der Waals surface area contributed by atoms with Gasteiger partial charge in [0.05, 0.1) is 36.1 Å². The minimum atomic E-state index is -0.810. The van der Waals surface area contributed by atoms with Gasteiger partial charge in [0.1, 0.15) is 0 Å². The van der Waals surface area contributed by atoms with Gasteiger partial charge in [-0.2, -0.15) is 0 Å². The van der Waals surface area contributed by atoms with E-state index in [0.29, 0.717) is 5.75 Å². The molecular weight excluding hydrogens is 424 g/mol. The molecule has 0 fully saturated rings. The molecule has 9 heteroatoms. The fourth-order valence-corrected chi connectivity index (χ4v) is 2.84. The predicted octanol–water partition coefficient (Wildman–Crippen LogP) is 3.68.